The molecule has 0 fully saturated rings. The summed E-state index contributed by atoms with van der Waals surface area (Å²) in [6.45, 7) is 1.59. The van der Waals surface area contributed by atoms with Gasteiger partial charge in [0.2, 0.25) is 0 Å². The van der Waals surface area contributed by atoms with Gasteiger partial charge < -0.3 is 9.64 Å². The number of amides is 1. The fourth-order valence-corrected chi connectivity index (χ4v) is 3.28. The molecule has 0 aliphatic carbocycles. The predicted molar refractivity (Wildman–Crippen MR) is 96.7 cm³/mol. The summed E-state index contributed by atoms with van der Waals surface area (Å²) in [5.74, 6) is 0.763. The molecule has 6 nitrogen and oxygen atoms in total. The van der Waals surface area contributed by atoms with Gasteiger partial charge in [-0.1, -0.05) is 24.3 Å². The maximum atomic E-state index is 12.7. The van der Waals surface area contributed by atoms with Crippen LogP contribution in [0.2, 0.25) is 0 Å². The Morgan fingerprint density at radius 1 is 1.15 bits per heavy atom. The van der Waals surface area contributed by atoms with Crippen LogP contribution in [0.4, 0.5) is 0 Å². The van der Waals surface area contributed by atoms with Crippen molar-refractivity contribution in [1.82, 2.24) is 19.7 Å². The van der Waals surface area contributed by atoms with Gasteiger partial charge in [-0.2, -0.15) is 5.10 Å². The molecule has 1 amide bonds. The summed E-state index contributed by atoms with van der Waals surface area (Å²) in [6, 6.07) is 15.1. The number of fused-ring (bicyclic) bond motifs is 1. The molecule has 2 aromatic heterocycles. The average molecular weight is 348 g/mol. The van der Waals surface area contributed by atoms with E-state index >= 15 is 0 Å². The smallest absolute Gasteiger partial charge is 0.272 e. The minimum Gasteiger partial charge on any atom is -0.487 e. The Bertz CT molecular complexity index is 906. The summed E-state index contributed by atoms with van der Waals surface area (Å²) in [4.78, 5) is 18.7. The first-order valence-electron chi connectivity index (χ1n) is 8.64. The minimum atomic E-state index is -0.0463. The Morgan fingerprint density at radius 2 is 1.96 bits per heavy atom. The van der Waals surface area contributed by atoms with Crippen molar-refractivity contribution in [3.63, 3.8) is 0 Å². The summed E-state index contributed by atoms with van der Waals surface area (Å²) in [7, 11) is 1.95. The Hall–Kier alpha value is -3.15. The number of hydrogen-bond acceptors (Lipinski definition) is 4. The molecule has 3 aromatic rings. The Balaban J connectivity index is 1.53. The number of carbonyl (C=O) groups is 1. The van der Waals surface area contributed by atoms with Crippen molar-refractivity contribution < 1.29 is 9.53 Å². The second-order valence-electron chi connectivity index (χ2n) is 6.29. The summed E-state index contributed by atoms with van der Waals surface area (Å²) >= 11 is 0. The Morgan fingerprint density at radius 3 is 2.73 bits per heavy atom. The summed E-state index contributed by atoms with van der Waals surface area (Å²) in [5, 5.41) is 4.61. The monoisotopic (exact) mass is 348 g/mol. The molecule has 0 saturated carbocycles. The van der Waals surface area contributed by atoms with Gasteiger partial charge in [0.05, 0.1) is 0 Å². The van der Waals surface area contributed by atoms with Crippen molar-refractivity contribution >= 4 is 5.91 Å². The fraction of sp³-hybridized carbons (Fsp3) is 0.250. The van der Waals surface area contributed by atoms with Crippen LogP contribution in [0.5, 0.6) is 5.75 Å². The maximum absolute atomic E-state index is 12.7. The van der Waals surface area contributed by atoms with Crippen LogP contribution in [0.1, 0.15) is 27.4 Å². The number of rotatable bonds is 4. The van der Waals surface area contributed by atoms with Gasteiger partial charge in [0.25, 0.3) is 5.91 Å². The zero-order valence-electron chi connectivity index (χ0n) is 14.6. The number of pyridine rings is 1. The van der Waals surface area contributed by atoms with Gasteiger partial charge in [0.1, 0.15) is 23.7 Å². The van der Waals surface area contributed by atoms with E-state index in [2.05, 4.69) is 10.1 Å². The second kappa shape index (κ2) is 7.00. The van der Waals surface area contributed by atoms with Crippen LogP contribution in [0, 0.1) is 0 Å². The molecule has 0 spiro atoms. The molecule has 0 atom stereocenters. The molecule has 132 valence electrons. The summed E-state index contributed by atoms with van der Waals surface area (Å²) in [5.41, 5.74) is 3.60. The predicted octanol–water partition coefficient (Wildman–Crippen LogP) is 2.59. The molecule has 0 unspecified atom stereocenters. The fourth-order valence-electron chi connectivity index (χ4n) is 3.28. The first-order chi connectivity index (χ1) is 12.7. The Kier molecular flexibility index (Phi) is 4.39. The van der Waals surface area contributed by atoms with Gasteiger partial charge in [0, 0.05) is 44.0 Å². The van der Waals surface area contributed by atoms with E-state index in [0.29, 0.717) is 25.4 Å². The summed E-state index contributed by atoms with van der Waals surface area (Å²) in [6.07, 6.45) is 2.43. The standard InChI is InChI=1S/C20H20N4O2/c1-23-19-10-12-24(20(25)17-9-5-6-11-21-17)13-16(19)18(22-23)14-26-15-7-3-2-4-8-15/h2-9,11H,10,12-14H2,1H3. The van der Waals surface area contributed by atoms with Crippen LogP contribution in [-0.2, 0) is 26.6 Å². The van der Waals surface area contributed by atoms with Gasteiger partial charge in [-0.25, -0.2) is 0 Å². The molecular weight excluding hydrogens is 328 g/mol. The van der Waals surface area contributed by atoms with Crippen molar-refractivity contribution in [2.75, 3.05) is 6.54 Å². The van der Waals surface area contributed by atoms with Gasteiger partial charge in [-0.15, -0.1) is 0 Å². The third-order valence-electron chi connectivity index (χ3n) is 4.62. The molecule has 4 rings (SSSR count). The van der Waals surface area contributed by atoms with Gasteiger partial charge in [0.15, 0.2) is 0 Å². The largest absolute Gasteiger partial charge is 0.487 e. The van der Waals surface area contributed by atoms with E-state index < -0.39 is 0 Å². The highest BCUT2D eigenvalue weighted by atomic mass is 16.5. The topological polar surface area (TPSA) is 60.2 Å². The number of carbonyl (C=O) groups excluding carboxylic acids is 1. The van der Waals surface area contributed by atoms with E-state index in [1.54, 1.807) is 12.3 Å². The molecule has 0 radical (unpaired) electrons. The van der Waals surface area contributed by atoms with Crippen LogP contribution in [0.3, 0.4) is 0 Å². The zero-order valence-corrected chi connectivity index (χ0v) is 14.6. The lowest BCUT2D eigenvalue weighted by atomic mass is 10.0. The third kappa shape index (κ3) is 3.18. The Labute approximate surface area is 152 Å². The van der Waals surface area contributed by atoms with E-state index in [9.17, 15) is 4.79 Å². The number of nitrogens with zero attached hydrogens (tertiary/aromatic N) is 4. The molecule has 0 saturated heterocycles. The number of aryl methyl sites for hydroxylation is 1. The number of aromatic nitrogens is 3. The SMILES string of the molecule is Cn1nc(COc2ccccc2)c2c1CCN(C(=O)c1ccccn1)C2. The van der Waals surface area contributed by atoms with Gasteiger partial charge in [-0.05, 0) is 24.3 Å². The molecule has 26 heavy (non-hydrogen) atoms. The van der Waals surface area contributed by atoms with E-state index in [1.165, 1.54) is 5.69 Å². The van der Waals surface area contributed by atoms with Crippen LogP contribution in [0.15, 0.2) is 54.7 Å². The highest BCUT2D eigenvalue weighted by Crippen LogP contribution is 2.24. The van der Waals surface area contributed by atoms with Crippen molar-refractivity contribution in [2.24, 2.45) is 7.05 Å². The molecular formula is C20H20N4O2. The lowest BCUT2D eigenvalue weighted by Crippen LogP contribution is -2.36. The lowest BCUT2D eigenvalue weighted by Gasteiger charge is -2.27. The van der Waals surface area contributed by atoms with Gasteiger partial charge in [-0.3, -0.25) is 14.5 Å². The highest BCUT2D eigenvalue weighted by Gasteiger charge is 2.27. The number of ether oxygens (including phenoxy) is 1. The number of para-hydroxylation sites is 1. The van der Waals surface area contributed by atoms with Crippen molar-refractivity contribution in [2.45, 2.75) is 19.6 Å². The number of hydrogen-bond donors (Lipinski definition) is 0. The molecule has 1 aliphatic heterocycles. The lowest BCUT2D eigenvalue weighted by molar-refractivity contribution is 0.0726. The molecule has 3 heterocycles. The van der Waals surface area contributed by atoms with Crippen molar-refractivity contribution in [3.8, 4) is 5.75 Å². The van der Waals surface area contributed by atoms with Crippen LogP contribution >= 0.6 is 0 Å². The molecule has 0 bridgehead atoms. The first kappa shape index (κ1) is 16.3. The van der Waals surface area contributed by atoms with Crippen LogP contribution in [-0.4, -0.2) is 32.1 Å². The van der Waals surface area contributed by atoms with E-state index in [-0.39, 0.29) is 5.91 Å². The van der Waals surface area contributed by atoms with Crippen LogP contribution < -0.4 is 4.74 Å². The van der Waals surface area contributed by atoms with Crippen molar-refractivity contribution in [3.05, 3.63) is 77.4 Å². The average Bonchev–Trinajstić information content (AvgIpc) is 3.02. The summed E-state index contributed by atoms with van der Waals surface area (Å²) < 4.78 is 7.76. The first-order valence-corrected chi connectivity index (χ1v) is 8.64. The van der Waals surface area contributed by atoms with Crippen molar-refractivity contribution in [1.29, 1.82) is 0 Å². The molecule has 1 aromatic carbocycles. The highest BCUT2D eigenvalue weighted by molar-refractivity contribution is 5.92. The van der Waals surface area contributed by atoms with E-state index in [4.69, 9.17) is 4.74 Å². The van der Waals surface area contributed by atoms with E-state index in [1.807, 2.05) is 59.1 Å². The van der Waals surface area contributed by atoms with E-state index in [0.717, 1.165) is 23.4 Å². The van der Waals surface area contributed by atoms with Crippen LogP contribution in [0.25, 0.3) is 0 Å². The third-order valence-corrected chi connectivity index (χ3v) is 4.62. The molecule has 1 aliphatic rings. The molecule has 0 N–H and O–H groups in total. The number of benzene rings is 1. The second-order valence-corrected chi connectivity index (χ2v) is 6.29. The van der Waals surface area contributed by atoms with Gasteiger partial charge >= 0.3 is 0 Å². The zero-order chi connectivity index (χ0) is 17.9. The maximum Gasteiger partial charge on any atom is 0.272 e. The molecule has 6 heteroatoms. The quantitative estimate of drug-likeness (QED) is 0.727. The normalized spacial score (nSPS) is 13.3. The minimum absolute atomic E-state index is 0.0463.